The van der Waals surface area contributed by atoms with Crippen LogP contribution in [0.5, 0.6) is 69.0 Å². The third kappa shape index (κ3) is 19.3. The molecular weight excluding hydrogens is 1320 g/mol. The highest BCUT2D eigenvalue weighted by atomic mass is 16.5. The average Bonchev–Trinajstić information content (AvgIpc) is 0.866. The molecule has 104 heavy (non-hydrogen) atoms. The van der Waals surface area contributed by atoms with Gasteiger partial charge < -0.3 is 80.3 Å². The van der Waals surface area contributed by atoms with Gasteiger partial charge in [-0.25, -0.2) is 0 Å². The van der Waals surface area contributed by atoms with Crippen LogP contribution >= 0.6 is 0 Å². The van der Waals surface area contributed by atoms with E-state index >= 15 is 0 Å². The minimum absolute atomic E-state index is 0.153. The molecule has 0 aliphatic rings. The predicted octanol–water partition coefficient (Wildman–Crippen LogP) is 16.7. The van der Waals surface area contributed by atoms with Gasteiger partial charge in [-0.15, -0.1) is 0 Å². The molecule has 12 aromatic carbocycles. The van der Waals surface area contributed by atoms with Crippen molar-refractivity contribution in [1.29, 1.82) is 0 Å². The van der Waals surface area contributed by atoms with Gasteiger partial charge in [0.15, 0.2) is 57.5 Å². The van der Waals surface area contributed by atoms with E-state index in [0.717, 1.165) is 68.8 Å². The van der Waals surface area contributed by atoms with Crippen LogP contribution in [0, 0.1) is 13.8 Å². The van der Waals surface area contributed by atoms with Crippen LogP contribution in [0.15, 0.2) is 267 Å². The molecule has 0 aliphatic carbocycles. The van der Waals surface area contributed by atoms with E-state index in [1.807, 2.05) is 195 Å². The van der Waals surface area contributed by atoms with Crippen molar-refractivity contribution in [2.75, 3.05) is 21.3 Å². The van der Waals surface area contributed by atoms with Crippen molar-refractivity contribution >= 4 is 46.4 Å². The highest BCUT2D eigenvalue weighted by Gasteiger charge is 2.25. The molecule has 20 heteroatoms. The molecule has 0 fully saturated rings. The van der Waals surface area contributed by atoms with Crippen LogP contribution in [0.3, 0.4) is 0 Å². The smallest absolute Gasteiger partial charge is 0.255 e. The first-order chi connectivity index (χ1) is 50.5. The number of anilines is 4. The minimum Gasteiger partial charge on any atom is -0.504 e. The van der Waals surface area contributed by atoms with Crippen LogP contribution in [0.4, 0.5) is 22.7 Å². The molecule has 0 saturated heterocycles. The van der Waals surface area contributed by atoms with Gasteiger partial charge in [0.2, 0.25) is 11.5 Å². The van der Waals surface area contributed by atoms with Crippen molar-refractivity contribution in [3.63, 3.8) is 0 Å². The number of amides is 4. The predicted molar refractivity (Wildman–Crippen MR) is 395 cm³/mol. The van der Waals surface area contributed by atoms with Crippen molar-refractivity contribution in [3.8, 4) is 69.0 Å². The Morgan fingerprint density at radius 2 is 0.471 bits per heavy atom. The number of carbonyl (C=O) groups excluding carboxylic acids is 4. The van der Waals surface area contributed by atoms with Crippen molar-refractivity contribution in [2.24, 2.45) is 0 Å². The summed E-state index contributed by atoms with van der Waals surface area (Å²) in [5.74, 6) is -4.72. The number of nitrogens with one attached hydrogen (secondary N) is 4. The Balaban J connectivity index is 0.000000291. The SMILES string of the molecule is Cc1ccc(NC(=O)c2cc(O)c(O)c(O)c2)c(NC(=O)c2cc(O)c(O)c(O)c2)c1.Cc1ccc(NC(=O)c2cc(OCc3ccccc3)c(OCc3ccccc3)c(OCc3ccccc3)c2)c(NC(=O)c2cc(OCc3ccccc3)c(OCc3ccccc3)c(OCc3ccccc3)c2)c1. The second-order valence-electron chi connectivity index (χ2n) is 23.9. The molecule has 524 valence electrons. The Morgan fingerprint density at radius 1 is 0.260 bits per heavy atom. The maximum atomic E-state index is 14.6. The van der Waals surface area contributed by atoms with Crippen LogP contribution in [0.1, 0.15) is 85.9 Å². The van der Waals surface area contributed by atoms with Gasteiger partial charge in [-0.1, -0.05) is 194 Å². The maximum Gasteiger partial charge on any atom is 0.255 e. The van der Waals surface area contributed by atoms with Gasteiger partial charge in [-0.2, -0.15) is 0 Å². The van der Waals surface area contributed by atoms with Gasteiger partial charge in [-0.3, -0.25) is 19.2 Å². The van der Waals surface area contributed by atoms with Gasteiger partial charge in [-0.05, 0) is 131 Å². The third-order valence-corrected chi connectivity index (χ3v) is 16.0. The van der Waals surface area contributed by atoms with Crippen LogP contribution in [0.2, 0.25) is 0 Å². The Bertz CT molecular complexity index is 4800. The number of benzene rings is 12. The molecule has 0 bridgehead atoms. The summed E-state index contributed by atoms with van der Waals surface area (Å²) in [7, 11) is 0. The molecule has 0 aliphatic heterocycles. The summed E-state index contributed by atoms with van der Waals surface area (Å²) in [5.41, 5.74) is 8.44. The molecule has 0 radical (unpaired) electrons. The summed E-state index contributed by atoms with van der Waals surface area (Å²) >= 11 is 0. The summed E-state index contributed by atoms with van der Waals surface area (Å²) in [6.07, 6.45) is 0. The number of rotatable bonds is 26. The number of phenolic OH excluding ortho intramolecular Hbond substituents is 6. The van der Waals surface area contributed by atoms with Gasteiger partial charge in [0.05, 0.1) is 22.7 Å². The lowest BCUT2D eigenvalue weighted by atomic mass is 10.1. The molecule has 0 spiro atoms. The normalized spacial score (nSPS) is 10.6. The van der Waals surface area contributed by atoms with Gasteiger partial charge in [0, 0.05) is 22.3 Å². The third-order valence-electron chi connectivity index (χ3n) is 16.0. The Kier molecular flexibility index (Phi) is 23.5. The summed E-state index contributed by atoms with van der Waals surface area (Å²) in [5, 5.41) is 68.4. The summed E-state index contributed by atoms with van der Waals surface area (Å²) < 4.78 is 38.8. The molecule has 12 rings (SSSR count). The Morgan fingerprint density at radius 3 is 0.712 bits per heavy atom. The molecule has 0 aromatic heterocycles. The number of carbonyl (C=O) groups is 4. The zero-order valence-electron chi connectivity index (χ0n) is 56.4. The summed E-state index contributed by atoms with van der Waals surface area (Å²) in [6, 6.07) is 79.2. The van der Waals surface area contributed by atoms with E-state index in [1.165, 1.54) is 6.07 Å². The lowest BCUT2D eigenvalue weighted by Crippen LogP contribution is -2.18. The van der Waals surface area contributed by atoms with Gasteiger partial charge in [0.25, 0.3) is 23.6 Å². The zero-order valence-corrected chi connectivity index (χ0v) is 56.4. The van der Waals surface area contributed by atoms with Crippen molar-refractivity contribution in [3.05, 3.63) is 334 Å². The number of phenols is 6. The molecule has 0 heterocycles. The number of aromatic hydroxyl groups is 6. The fraction of sp³-hybridized carbons (Fsp3) is 0.0952. The van der Waals surface area contributed by atoms with Crippen molar-refractivity contribution < 1.29 is 78.2 Å². The van der Waals surface area contributed by atoms with Crippen LogP contribution < -0.4 is 49.7 Å². The number of ether oxygens (including phenoxy) is 6. The fourth-order valence-electron chi connectivity index (χ4n) is 10.5. The lowest BCUT2D eigenvalue weighted by molar-refractivity contribution is 0.101. The fourth-order valence-corrected chi connectivity index (χ4v) is 10.5. The standard InChI is InChI=1S/C63H54N2O8.C21H18N2O8/c1-45-32-33-54(64-62(66)52-35-56(68-39-46-20-8-2-9-21-46)60(72-43-50-28-16-6-17-29-50)57(36-52)69-40-47-22-10-3-11-23-47)55(34-45)65-63(67)53-37-58(70-41-48-24-12-4-13-25-48)61(73-44-51-30-18-7-19-31-51)59(38-53)71-42-49-26-14-5-15-27-49;1-9-2-3-12(22-20(30)10-5-14(24)18(28)15(25)6-10)13(4-9)23-21(31)11-7-16(26)19(29)17(27)8-11/h2-38H,39-44H2,1H3,(H,64,66)(H,65,67);2-8,24-29H,1H3,(H,22,30)(H,23,31). The van der Waals surface area contributed by atoms with E-state index in [4.69, 9.17) is 28.4 Å². The Labute approximate surface area is 599 Å². The topological polar surface area (TPSA) is 293 Å². The van der Waals surface area contributed by atoms with E-state index in [0.29, 0.717) is 45.9 Å². The summed E-state index contributed by atoms with van der Waals surface area (Å²) in [6.45, 7) is 4.94. The first-order valence-corrected chi connectivity index (χ1v) is 32.8. The van der Waals surface area contributed by atoms with Gasteiger partial charge >= 0.3 is 0 Å². The second-order valence-corrected chi connectivity index (χ2v) is 23.9. The number of aryl methyl sites for hydroxylation is 2. The molecule has 0 unspecified atom stereocenters. The molecular formula is C84H72N4O16. The van der Waals surface area contributed by atoms with E-state index in [1.54, 1.807) is 55.5 Å². The summed E-state index contributed by atoms with van der Waals surface area (Å²) in [4.78, 5) is 54.3. The average molecular weight is 1390 g/mol. The van der Waals surface area contributed by atoms with Crippen LogP contribution in [0.25, 0.3) is 0 Å². The zero-order chi connectivity index (χ0) is 72.9. The second kappa shape index (κ2) is 34.3. The molecule has 4 amide bonds. The quantitative estimate of drug-likeness (QED) is 0.0225. The van der Waals surface area contributed by atoms with E-state index < -0.39 is 58.1 Å². The number of hydrogen-bond donors (Lipinski definition) is 10. The van der Waals surface area contributed by atoms with Crippen molar-refractivity contribution in [1.82, 2.24) is 0 Å². The molecule has 12 aromatic rings. The monoisotopic (exact) mass is 1390 g/mol. The first kappa shape index (κ1) is 71.4. The Hall–Kier alpha value is -13.9. The van der Waals surface area contributed by atoms with E-state index in [-0.39, 0.29) is 73.3 Å². The van der Waals surface area contributed by atoms with Crippen LogP contribution in [-0.2, 0) is 39.6 Å². The maximum absolute atomic E-state index is 14.6. The molecule has 20 nitrogen and oxygen atoms in total. The lowest BCUT2D eigenvalue weighted by Gasteiger charge is -2.20. The molecule has 10 N–H and O–H groups in total. The largest absolute Gasteiger partial charge is 0.504 e. The van der Waals surface area contributed by atoms with E-state index in [2.05, 4.69) is 21.3 Å². The highest BCUT2D eigenvalue weighted by Crippen LogP contribution is 2.44. The van der Waals surface area contributed by atoms with E-state index in [9.17, 15) is 49.8 Å². The minimum atomic E-state index is -0.764. The highest BCUT2D eigenvalue weighted by molar-refractivity contribution is 6.12. The van der Waals surface area contributed by atoms with Crippen LogP contribution in [-0.4, -0.2) is 54.3 Å². The number of hydrogen-bond acceptors (Lipinski definition) is 16. The van der Waals surface area contributed by atoms with Gasteiger partial charge in [0.1, 0.15) is 39.6 Å². The first-order valence-electron chi connectivity index (χ1n) is 32.8. The molecule has 0 saturated carbocycles. The molecule has 0 atom stereocenters. The van der Waals surface area contributed by atoms with Crippen molar-refractivity contribution in [2.45, 2.75) is 53.5 Å².